The highest BCUT2D eigenvalue weighted by molar-refractivity contribution is 5.92. The lowest BCUT2D eigenvalue weighted by atomic mass is 9.78. The van der Waals surface area contributed by atoms with Crippen molar-refractivity contribution in [2.75, 3.05) is 6.61 Å². The van der Waals surface area contributed by atoms with E-state index in [4.69, 9.17) is 9.47 Å². The van der Waals surface area contributed by atoms with Crippen molar-refractivity contribution in [2.45, 2.75) is 32.6 Å². The van der Waals surface area contributed by atoms with Crippen LogP contribution in [0, 0.1) is 23.7 Å². The quantitative estimate of drug-likeness (QED) is 0.615. The summed E-state index contributed by atoms with van der Waals surface area (Å²) in [4.78, 5) is 24.8. The Labute approximate surface area is 165 Å². The molecule has 2 aliphatic rings. The molecule has 0 aromatic heterocycles. The average Bonchev–Trinajstić information content (AvgIpc) is 3.36. The minimum atomic E-state index is -0.472. The lowest BCUT2D eigenvalue weighted by Crippen LogP contribution is -2.29. The van der Waals surface area contributed by atoms with Crippen molar-refractivity contribution in [2.24, 2.45) is 23.7 Å². The first-order valence-electron chi connectivity index (χ1n) is 10.1. The van der Waals surface area contributed by atoms with Gasteiger partial charge in [-0.2, -0.15) is 0 Å². The highest BCUT2D eigenvalue weighted by atomic mass is 16.5. The molecule has 0 radical (unpaired) electrons. The van der Waals surface area contributed by atoms with Gasteiger partial charge in [-0.25, -0.2) is 4.79 Å². The molecule has 0 unspecified atom stereocenters. The number of ketones is 1. The predicted molar refractivity (Wildman–Crippen MR) is 106 cm³/mol. The molecule has 4 rings (SSSR count). The van der Waals surface area contributed by atoms with Gasteiger partial charge in [0.15, 0.2) is 12.4 Å². The molecule has 2 saturated carbocycles. The summed E-state index contributed by atoms with van der Waals surface area (Å²) in [6.45, 7) is 1.85. The van der Waals surface area contributed by atoms with E-state index < -0.39 is 5.97 Å². The smallest absolute Gasteiger partial charge is 0.338 e. The number of Topliss-reactive ketones (excluding diaryl/α,β-unsaturated/α-hetero) is 1. The molecule has 0 aliphatic heterocycles. The summed E-state index contributed by atoms with van der Waals surface area (Å²) < 4.78 is 11.0. The van der Waals surface area contributed by atoms with Crippen molar-refractivity contribution in [3.8, 4) is 11.5 Å². The van der Waals surface area contributed by atoms with E-state index in [-0.39, 0.29) is 18.3 Å². The molecule has 0 spiro atoms. The molecule has 2 fully saturated rings. The first-order chi connectivity index (χ1) is 13.6. The number of carbonyl (C=O) groups is 2. The van der Waals surface area contributed by atoms with Gasteiger partial charge >= 0.3 is 5.97 Å². The van der Waals surface area contributed by atoms with E-state index in [2.05, 4.69) is 0 Å². The van der Waals surface area contributed by atoms with Crippen molar-refractivity contribution < 1.29 is 19.1 Å². The minimum absolute atomic E-state index is 0.0234. The number of benzene rings is 2. The van der Waals surface area contributed by atoms with Gasteiger partial charge < -0.3 is 9.47 Å². The fraction of sp³-hybridized carbons (Fsp3) is 0.417. The van der Waals surface area contributed by atoms with Crippen LogP contribution in [0.4, 0.5) is 0 Å². The number of hydrogen-bond acceptors (Lipinski definition) is 4. The van der Waals surface area contributed by atoms with Crippen LogP contribution in [0.1, 0.15) is 43.0 Å². The van der Waals surface area contributed by atoms with Crippen LogP contribution in [0.15, 0.2) is 54.6 Å². The van der Waals surface area contributed by atoms with Gasteiger partial charge in [-0.05, 0) is 73.4 Å². The Morgan fingerprint density at radius 3 is 2.32 bits per heavy atom. The molecule has 28 heavy (non-hydrogen) atoms. The fourth-order valence-electron chi connectivity index (χ4n) is 4.78. The maximum Gasteiger partial charge on any atom is 0.338 e. The van der Waals surface area contributed by atoms with Gasteiger partial charge in [-0.3, -0.25) is 4.79 Å². The van der Waals surface area contributed by atoms with Crippen LogP contribution in [0.3, 0.4) is 0 Å². The average molecular weight is 378 g/mol. The zero-order valence-corrected chi connectivity index (χ0v) is 16.2. The number of para-hydroxylation sites is 1. The zero-order chi connectivity index (χ0) is 19.5. The number of fused-ring (bicyclic) bond motifs is 2. The topological polar surface area (TPSA) is 52.6 Å². The third-order valence-electron chi connectivity index (χ3n) is 6.36. The molecule has 0 N–H and O–H groups in total. The molecular weight excluding hydrogens is 352 g/mol. The second kappa shape index (κ2) is 8.17. The molecule has 4 heteroatoms. The molecular formula is C24H26O4. The summed E-state index contributed by atoms with van der Waals surface area (Å²) in [6.07, 6.45) is 5.01. The van der Waals surface area contributed by atoms with E-state index in [1.807, 2.05) is 37.3 Å². The van der Waals surface area contributed by atoms with E-state index in [9.17, 15) is 9.59 Å². The van der Waals surface area contributed by atoms with Gasteiger partial charge in [0, 0.05) is 5.92 Å². The number of rotatable bonds is 7. The Kier molecular flexibility index (Phi) is 5.47. The standard InChI is InChI=1S/C24H26O4/c1-16(22-14-17-7-8-19(22)13-17)23(25)15-27-24(26)18-9-11-21(12-10-18)28-20-5-3-2-4-6-20/h2-6,9-12,16-17,19,22H,7-8,13-15H2,1H3/t16-,17-,19+,22-/m1/s1. The van der Waals surface area contributed by atoms with Crippen molar-refractivity contribution in [3.05, 3.63) is 60.2 Å². The molecule has 0 saturated heterocycles. The molecule has 2 aromatic rings. The molecule has 0 amide bonds. The summed E-state index contributed by atoms with van der Waals surface area (Å²) in [5, 5.41) is 0. The number of carbonyl (C=O) groups excluding carboxylic acids is 2. The Bertz CT molecular complexity index is 827. The fourth-order valence-corrected chi connectivity index (χ4v) is 4.78. The number of ether oxygens (including phenoxy) is 2. The first kappa shape index (κ1) is 18.7. The molecule has 146 valence electrons. The van der Waals surface area contributed by atoms with E-state index in [1.54, 1.807) is 24.3 Å². The normalized spacial score (nSPS) is 24.0. The Morgan fingerprint density at radius 2 is 1.68 bits per heavy atom. The van der Waals surface area contributed by atoms with Gasteiger partial charge in [0.25, 0.3) is 0 Å². The highest BCUT2D eigenvalue weighted by Gasteiger charge is 2.43. The van der Waals surface area contributed by atoms with E-state index in [0.29, 0.717) is 23.1 Å². The maximum atomic E-state index is 12.5. The number of hydrogen-bond donors (Lipinski definition) is 0. The molecule has 4 atom stereocenters. The summed E-state index contributed by atoms with van der Waals surface area (Å²) in [6, 6.07) is 16.2. The van der Waals surface area contributed by atoms with Crippen molar-refractivity contribution in [3.63, 3.8) is 0 Å². The summed E-state index contributed by atoms with van der Waals surface area (Å²) in [7, 11) is 0. The molecule has 2 aliphatic carbocycles. The zero-order valence-electron chi connectivity index (χ0n) is 16.2. The molecule has 2 aromatic carbocycles. The second-order valence-electron chi connectivity index (χ2n) is 8.11. The van der Waals surface area contributed by atoms with E-state index in [0.717, 1.165) is 18.1 Å². The van der Waals surface area contributed by atoms with Crippen LogP contribution in [0.5, 0.6) is 11.5 Å². The van der Waals surface area contributed by atoms with E-state index in [1.165, 1.54) is 19.3 Å². The van der Waals surface area contributed by atoms with Gasteiger partial charge in [-0.15, -0.1) is 0 Å². The SMILES string of the molecule is C[C@@H](C(=O)COC(=O)c1ccc(Oc2ccccc2)cc1)[C@H]1C[C@@H]2CC[C@H]1C2. The van der Waals surface area contributed by atoms with Gasteiger partial charge in [0.05, 0.1) is 5.56 Å². The lowest BCUT2D eigenvalue weighted by molar-refractivity contribution is -0.127. The van der Waals surface area contributed by atoms with Crippen LogP contribution in [0.25, 0.3) is 0 Å². The minimum Gasteiger partial charge on any atom is -0.457 e. The number of esters is 1. The van der Waals surface area contributed by atoms with Crippen molar-refractivity contribution in [1.82, 2.24) is 0 Å². The Hall–Kier alpha value is -2.62. The second-order valence-corrected chi connectivity index (χ2v) is 8.11. The summed E-state index contributed by atoms with van der Waals surface area (Å²) in [5.41, 5.74) is 0.417. The molecule has 2 bridgehead atoms. The summed E-state index contributed by atoms with van der Waals surface area (Å²) in [5.74, 6) is 2.89. The van der Waals surface area contributed by atoms with Gasteiger partial charge in [0.2, 0.25) is 0 Å². The first-order valence-corrected chi connectivity index (χ1v) is 10.1. The molecule has 0 heterocycles. The van der Waals surface area contributed by atoms with Crippen LogP contribution in [-0.4, -0.2) is 18.4 Å². The van der Waals surface area contributed by atoms with Crippen molar-refractivity contribution >= 4 is 11.8 Å². The third-order valence-corrected chi connectivity index (χ3v) is 6.36. The monoisotopic (exact) mass is 378 g/mol. The van der Waals surface area contributed by atoms with Crippen molar-refractivity contribution in [1.29, 1.82) is 0 Å². The van der Waals surface area contributed by atoms with Crippen LogP contribution < -0.4 is 4.74 Å². The Balaban J connectivity index is 1.28. The van der Waals surface area contributed by atoms with Gasteiger partial charge in [0.1, 0.15) is 11.5 Å². The van der Waals surface area contributed by atoms with Gasteiger partial charge in [-0.1, -0.05) is 31.5 Å². The lowest BCUT2D eigenvalue weighted by Gasteiger charge is -2.26. The third kappa shape index (κ3) is 4.11. The largest absolute Gasteiger partial charge is 0.457 e. The maximum absolute atomic E-state index is 12.5. The predicted octanol–water partition coefficient (Wildman–Crippen LogP) is 5.28. The van der Waals surface area contributed by atoms with Crippen LogP contribution in [0.2, 0.25) is 0 Å². The summed E-state index contributed by atoms with van der Waals surface area (Å²) >= 11 is 0. The van der Waals surface area contributed by atoms with E-state index >= 15 is 0 Å². The Morgan fingerprint density at radius 1 is 0.964 bits per heavy atom. The van der Waals surface area contributed by atoms with Crippen LogP contribution >= 0.6 is 0 Å². The van der Waals surface area contributed by atoms with Crippen LogP contribution in [-0.2, 0) is 9.53 Å². The molecule has 4 nitrogen and oxygen atoms in total. The highest BCUT2D eigenvalue weighted by Crippen LogP contribution is 2.51.